The Morgan fingerprint density at radius 2 is 1.90 bits per heavy atom. The average molecular weight is 431 g/mol. The highest BCUT2D eigenvalue weighted by molar-refractivity contribution is 8.18. The Balaban J connectivity index is 1.82. The topological polar surface area (TPSA) is 87.8 Å². The second-order valence-corrected chi connectivity index (χ2v) is 7.60. The van der Waals surface area contributed by atoms with E-state index in [2.05, 4.69) is 29.1 Å². The molecule has 1 heterocycles. The number of nitrogens with one attached hydrogen (secondary N) is 1. The van der Waals surface area contributed by atoms with Crippen LogP contribution in [0.1, 0.15) is 19.4 Å². The van der Waals surface area contributed by atoms with Gasteiger partial charge in [-0.3, -0.25) is 14.9 Å². The number of amides is 1. The molecular weight excluding hydrogens is 412 g/mol. The number of aliphatic imine (C=N–C) groups is 1. The van der Waals surface area contributed by atoms with Crippen LogP contribution in [0.4, 0.5) is 17.1 Å². The zero-order valence-electron chi connectivity index (χ0n) is 15.9. The van der Waals surface area contributed by atoms with Crippen molar-refractivity contribution in [3.8, 4) is 0 Å². The largest absolute Gasteiger partial charge is 0.372 e. The van der Waals surface area contributed by atoms with Gasteiger partial charge < -0.3 is 10.2 Å². The van der Waals surface area contributed by atoms with E-state index in [-0.39, 0.29) is 27.5 Å². The van der Waals surface area contributed by atoms with Gasteiger partial charge in [0, 0.05) is 29.9 Å². The molecular formula is C20H19ClN4O3S. The first-order valence-corrected chi connectivity index (χ1v) is 10.2. The lowest BCUT2D eigenvalue weighted by atomic mass is 10.2. The van der Waals surface area contributed by atoms with Gasteiger partial charge in [-0.15, -0.1) is 0 Å². The number of carbonyl (C=O) groups excluding carboxylic acids is 1. The molecule has 0 radical (unpaired) electrons. The highest BCUT2D eigenvalue weighted by Gasteiger charge is 2.25. The molecule has 2 aromatic rings. The fraction of sp³-hybridized carbons (Fsp3) is 0.200. The van der Waals surface area contributed by atoms with E-state index in [1.807, 2.05) is 24.3 Å². The van der Waals surface area contributed by atoms with Crippen molar-refractivity contribution in [2.24, 2.45) is 4.99 Å². The molecule has 0 bridgehead atoms. The van der Waals surface area contributed by atoms with E-state index in [4.69, 9.17) is 11.6 Å². The zero-order chi connectivity index (χ0) is 21.0. The number of nitrogens with zero attached hydrogens (tertiary/aromatic N) is 3. The van der Waals surface area contributed by atoms with Crippen LogP contribution in [-0.2, 0) is 4.79 Å². The van der Waals surface area contributed by atoms with Crippen molar-refractivity contribution in [1.29, 1.82) is 0 Å². The van der Waals surface area contributed by atoms with Gasteiger partial charge in [-0.1, -0.05) is 23.7 Å². The van der Waals surface area contributed by atoms with Crippen molar-refractivity contribution in [2.75, 3.05) is 18.0 Å². The molecule has 2 aromatic carbocycles. The monoisotopic (exact) mass is 430 g/mol. The summed E-state index contributed by atoms with van der Waals surface area (Å²) in [5.41, 5.74) is 1.92. The van der Waals surface area contributed by atoms with E-state index >= 15 is 0 Å². The summed E-state index contributed by atoms with van der Waals surface area (Å²) in [6.07, 6.45) is 1.77. The number of amidine groups is 1. The Labute approximate surface area is 177 Å². The minimum atomic E-state index is -0.555. The number of nitro benzene ring substituents is 1. The summed E-state index contributed by atoms with van der Waals surface area (Å²) in [7, 11) is 0. The van der Waals surface area contributed by atoms with Crippen LogP contribution in [0.2, 0.25) is 5.02 Å². The first kappa shape index (κ1) is 20.9. The molecule has 1 fully saturated rings. The summed E-state index contributed by atoms with van der Waals surface area (Å²) in [5.74, 6) is -0.293. The summed E-state index contributed by atoms with van der Waals surface area (Å²) < 4.78 is 0. The van der Waals surface area contributed by atoms with Crippen LogP contribution < -0.4 is 10.2 Å². The van der Waals surface area contributed by atoms with Crippen molar-refractivity contribution < 1.29 is 9.72 Å². The summed E-state index contributed by atoms with van der Waals surface area (Å²) >= 11 is 6.96. The van der Waals surface area contributed by atoms with E-state index in [1.165, 1.54) is 18.2 Å². The molecule has 7 nitrogen and oxygen atoms in total. The van der Waals surface area contributed by atoms with Gasteiger partial charge in [0.15, 0.2) is 5.17 Å². The molecule has 1 amide bonds. The maximum atomic E-state index is 12.3. The maximum Gasteiger partial charge on any atom is 0.296 e. The number of anilines is 1. The number of halogens is 1. The normalized spacial score (nSPS) is 16.3. The smallest absolute Gasteiger partial charge is 0.296 e. The van der Waals surface area contributed by atoms with Gasteiger partial charge in [-0.2, -0.15) is 0 Å². The van der Waals surface area contributed by atoms with Gasteiger partial charge in [0.25, 0.3) is 11.6 Å². The maximum absolute atomic E-state index is 12.3. The molecule has 1 N–H and O–H groups in total. The number of thioether (sulfide) groups is 1. The second kappa shape index (κ2) is 9.11. The lowest BCUT2D eigenvalue weighted by Crippen LogP contribution is -2.21. The molecule has 3 rings (SSSR count). The van der Waals surface area contributed by atoms with Gasteiger partial charge in [0.1, 0.15) is 5.69 Å². The van der Waals surface area contributed by atoms with Crippen molar-refractivity contribution in [3.05, 3.63) is 68.1 Å². The molecule has 1 aliphatic heterocycles. The first-order chi connectivity index (χ1) is 13.9. The third kappa shape index (κ3) is 4.96. The molecule has 150 valence electrons. The van der Waals surface area contributed by atoms with Gasteiger partial charge in [0.2, 0.25) is 0 Å². The van der Waals surface area contributed by atoms with E-state index < -0.39 is 4.92 Å². The highest BCUT2D eigenvalue weighted by atomic mass is 35.5. The quantitative estimate of drug-likeness (QED) is 0.396. The average Bonchev–Trinajstić information content (AvgIpc) is 3.04. The number of hydrogen-bond donors (Lipinski definition) is 1. The molecule has 1 saturated heterocycles. The number of carbonyl (C=O) groups is 1. The fourth-order valence-corrected chi connectivity index (χ4v) is 3.85. The van der Waals surface area contributed by atoms with Crippen LogP contribution in [0.3, 0.4) is 0 Å². The number of hydrogen-bond acceptors (Lipinski definition) is 6. The SMILES string of the molecule is CCN(CC)c1ccc(/C=C2/SC(=Nc3ccc(Cl)cc3[N+](=O)[O-])NC2=O)cc1. The van der Waals surface area contributed by atoms with Gasteiger partial charge >= 0.3 is 0 Å². The molecule has 1 aliphatic rings. The Morgan fingerprint density at radius 3 is 2.52 bits per heavy atom. The van der Waals surface area contributed by atoms with Crippen molar-refractivity contribution >= 4 is 57.6 Å². The Hall–Kier alpha value is -2.84. The standard InChI is InChI=1S/C20H19ClN4O3S/c1-3-24(4-2)15-8-5-13(6-9-15)11-18-19(26)23-20(29-18)22-16-10-7-14(21)12-17(16)25(27)28/h5-12H,3-4H2,1-2H3,(H,22,23,26)/b18-11+. The Morgan fingerprint density at radius 1 is 1.21 bits per heavy atom. The lowest BCUT2D eigenvalue weighted by Gasteiger charge is -2.20. The van der Waals surface area contributed by atoms with Gasteiger partial charge in [-0.25, -0.2) is 4.99 Å². The molecule has 0 aliphatic carbocycles. The molecule has 0 atom stereocenters. The van der Waals surface area contributed by atoms with Gasteiger partial charge in [-0.05, 0) is 61.5 Å². The van der Waals surface area contributed by atoms with Crippen LogP contribution in [-0.4, -0.2) is 29.1 Å². The summed E-state index contributed by atoms with van der Waals surface area (Å²) in [6, 6.07) is 12.1. The highest BCUT2D eigenvalue weighted by Crippen LogP contribution is 2.33. The summed E-state index contributed by atoms with van der Waals surface area (Å²) in [6.45, 7) is 6.05. The third-order valence-electron chi connectivity index (χ3n) is 4.33. The van der Waals surface area contributed by atoms with Crippen molar-refractivity contribution in [1.82, 2.24) is 5.32 Å². The van der Waals surface area contributed by atoms with E-state index in [0.29, 0.717) is 4.91 Å². The number of benzene rings is 2. The Bertz CT molecular complexity index is 1000. The molecule has 0 saturated carbocycles. The third-order valence-corrected chi connectivity index (χ3v) is 5.47. The lowest BCUT2D eigenvalue weighted by molar-refractivity contribution is -0.384. The molecule has 0 aromatic heterocycles. The molecule has 0 unspecified atom stereocenters. The summed E-state index contributed by atoms with van der Waals surface area (Å²) in [4.78, 5) is 29.9. The number of rotatable bonds is 6. The van der Waals surface area contributed by atoms with E-state index in [9.17, 15) is 14.9 Å². The molecule has 29 heavy (non-hydrogen) atoms. The van der Waals surface area contributed by atoms with Crippen LogP contribution in [0.5, 0.6) is 0 Å². The molecule has 9 heteroatoms. The van der Waals surface area contributed by atoms with Crippen molar-refractivity contribution in [3.63, 3.8) is 0 Å². The van der Waals surface area contributed by atoms with Crippen LogP contribution in [0, 0.1) is 10.1 Å². The van der Waals surface area contributed by atoms with E-state index in [0.717, 1.165) is 36.1 Å². The first-order valence-electron chi connectivity index (χ1n) is 8.99. The minimum Gasteiger partial charge on any atom is -0.372 e. The van der Waals surface area contributed by atoms with Gasteiger partial charge in [0.05, 0.1) is 9.83 Å². The second-order valence-electron chi connectivity index (χ2n) is 6.14. The van der Waals surface area contributed by atoms with E-state index in [1.54, 1.807) is 6.08 Å². The predicted octanol–water partition coefficient (Wildman–Crippen LogP) is 4.99. The number of nitro groups is 1. The fourth-order valence-electron chi connectivity index (χ4n) is 2.85. The van der Waals surface area contributed by atoms with Crippen LogP contribution in [0.25, 0.3) is 6.08 Å². The summed E-state index contributed by atoms with van der Waals surface area (Å²) in [5, 5.41) is 14.4. The van der Waals surface area contributed by atoms with Crippen molar-refractivity contribution in [2.45, 2.75) is 13.8 Å². The minimum absolute atomic E-state index is 0.132. The zero-order valence-corrected chi connectivity index (χ0v) is 17.5. The predicted molar refractivity (Wildman–Crippen MR) is 119 cm³/mol. The van der Waals surface area contributed by atoms with Crippen LogP contribution >= 0.6 is 23.4 Å². The molecule has 0 spiro atoms. The van der Waals surface area contributed by atoms with Crippen LogP contribution in [0.15, 0.2) is 52.4 Å². The Kier molecular flexibility index (Phi) is 6.56.